The summed E-state index contributed by atoms with van der Waals surface area (Å²) in [4.78, 5) is 9.86. The van der Waals surface area contributed by atoms with Crippen LogP contribution >= 0.6 is 0 Å². The fourth-order valence-electron chi connectivity index (χ4n) is 4.69. The van der Waals surface area contributed by atoms with Gasteiger partial charge in [0.05, 0.1) is 11.4 Å². The molecule has 36 heavy (non-hydrogen) atoms. The van der Waals surface area contributed by atoms with Crippen LogP contribution in [-0.2, 0) is 0 Å². The highest BCUT2D eigenvalue weighted by Crippen LogP contribution is 2.33. The summed E-state index contributed by atoms with van der Waals surface area (Å²) in [6.07, 6.45) is 0. The van der Waals surface area contributed by atoms with E-state index < -0.39 is 0 Å². The second kappa shape index (κ2) is 9.24. The highest BCUT2D eigenvalue weighted by atomic mass is 14.9. The number of hydrogen-bond acceptors (Lipinski definition) is 2. The number of fused-ring (bicyclic) bond motifs is 1. The predicted octanol–water partition coefficient (Wildman–Crippen LogP) is 8.91. The van der Waals surface area contributed by atoms with E-state index >= 15 is 0 Å². The third-order valence-electron chi connectivity index (χ3n) is 6.81. The number of aryl methyl sites for hydroxylation is 2. The summed E-state index contributed by atoms with van der Waals surface area (Å²) in [5.74, 6) is 0.732. The van der Waals surface area contributed by atoms with Gasteiger partial charge in [0.1, 0.15) is 0 Å². The molecule has 0 aliphatic heterocycles. The normalized spacial score (nSPS) is 11.1. The van der Waals surface area contributed by atoms with E-state index in [0.717, 1.165) is 33.9 Å². The van der Waals surface area contributed by atoms with Gasteiger partial charge >= 0.3 is 0 Å². The average molecular weight is 463 g/mol. The molecule has 172 valence electrons. The summed E-state index contributed by atoms with van der Waals surface area (Å²) in [5.41, 5.74) is 10.1. The molecule has 0 atom stereocenters. The van der Waals surface area contributed by atoms with E-state index in [1.54, 1.807) is 0 Å². The second-order valence-corrected chi connectivity index (χ2v) is 9.23. The van der Waals surface area contributed by atoms with Crippen molar-refractivity contribution in [3.05, 3.63) is 132 Å². The van der Waals surface area contributed by atoms with Gasteiger partial charge in [0.15, 0.2) is 5.82 Å². The topological polar surface area (TPSA) is 25.8 Å². The first-order valence-corrected chi connectivity index (χ1v) is 12.3. The first-order valence-electron chi connectivity index (χ1n) is 12.3. The highest BCUT2D eigenvalue weighted by Gasteiger charge is 2.11. The molecule has 6 aromatic rings. The van der Waals surface area contributed by atoms with Crippen LogP contribution in [0.15, 0.2) is 121 Å². The molecule has 0 saturated carbocycles. The van der Waals surface area contributed by atoms with Crippen LogP contribution in [0.3, 0.4) is 0 Å². The maximum Gasteiger partial charge on any atom is 0.160 e. The minimum Gasteiger partial charge on any atom is -0.228 e. The SMILES string of the molecule is Cc1cc2cccc(-c3ccc(-c4cc(-c5ccccc5)nc(-c5ccccc5)n4)cc3)c2cc1C. The Hall–Kier alpha value is -4.56. The zero-order chi connectivity index (χ0) is 24.5. The molecule has 1 aromatic heterocycles. The Morgan fingerprint density at radius 3 is 1.67 bits per heavy atom. The summed E-state index contributed by atoms with van der Waals surface area (Å²) >= 11 is 0. The Bertz CT molecular complexity index is 1610. The van der Waals surface area contributed by atoms with Gasteiger partial charge in [-0.2, -0.15) is 0 Å². The van der Waals surface area contributed by atoms with Crippen molar-refractivity contribution in [3.63, 3.8) is 0 Å². The molecule has 0 amide bonds. The van der Waals surface area contributed by atoms with Gasteiger partial charge in [0, 0.05) is 16.7 Å². The van der Waals surface area contributed by atoms with Crippen molar-refractivity contribution in [2.75, 3.05) is 0 Å². The minimum absolute atomic E-state index is 0.732. The summed E-state index contributed by atoms with van der Waals surface area (Å²) in [6, 6.07) is 42.4. The molecule has 0 bridgehead atoms. The van der Waals surface area contributed by atoms with E-state index in [2.05, 4.69) is 98.8 Å². The van der Waals surface area contributed by atoms with Crippen LogP contribution in [0.25, 0.3) is 55.8 Å². The molecule has 6 rings (SSSR count). The van der Waals surface area contributed by atoms with E-state index in [1.807, 2.05) is 36.4 Å². The molecule has 0 aliphatic rings. The molecule has 0 fully saturated rings. The minimum atomic E-state index is 0.732. The lowest BCUT2D eigenvalue weighted by atomic mass is 9.94. The standard InChI is InChI=1S/C34H26N2/c1-23-20-29-14-9-15-30(31(29)21-24(23)2)25-16-18-27(19-17-25)33-22-32(26-10-5-3-6-11-26)35-34(36-33)28-12-7-4-8-13-28/h3-22H,1-2H3. The van der Waals surface area contributed by atoms with Gasteiger partial charge in [-0.25, -0.2) is 9.97 Å². The first kappa shape index (κ1) is 21.9. The first-order chi connectivity index (χ1) is 17.7. The number of nitrogens with zero attached hydrogens (tertiary/aromatic N) is 2. The smallest absolute Gasteiger partial charge is 0.160 e. The fraction of sp³-hybridized carbons (Fsp3) is 0.0588. The van der Waals surface area contributed by atoms with Crippen LogP contribution in [0.2, 0.25) is 0 Å². The molecule has 2 nitrogen and oxygen atoms in total. The Balaban J connectivity index is 1.45. The number of benzene rings is 5. The van der Waals surface area contributed by atoms with Crippen LogP contribution in [0.5, 0.6) is 0 Å². The van der Waals surface area contributed by atoms with Crippen LogP contribution in [0.4, 0.5) is 0 Å². The summed E-state index contributed by atoms with van der Waals surface area (Å²) in [7, 11) is 0. The lowest BCUT2D eigenvalue weighted by Crippen LogP contribution is -1.95. The van der Waals surface area contributed by atoms with Crippen molar-refractivity contribution in [3.8, 4) is 45.0 Å². The van der Waals surface area contributed by atoms with Crippen LogP contribution in [0.1, 0.15) is 11.1 Å². The van der Waals surface area contributed by atoms with Gasteiger partial charge in [-0.15, -0.1) is 0 Å². The zero-order valence-electron chi connectivity index (χ0n) is 20.4. The summed E-state index contributed by atoms with van der Waals surface area (Å²) in [5, 5.41) is 2.56. The van der Waals surface area contributed by atoms with E-state index in [0.29, 0.717) is 0 Å². The van der Waals surface area contributed by atoms with Crippen molar-refractivity contribution < 1.29 is 0 Å². The third kappa shape index (κ3) is 4.18. The monoisotopic (exact) mass is 462 g/mol. The quantitative estimate of drug-likeness (QED) is 0.261. The maximum absolute atomic E-state index is 4.96. The summed E-state index contributed by atoms with van der Waals surface area (Å²) in [6.45, 7) is 4.35. The molecule has 1 heterocycles. The average Bonchev–Trinajstić information content (AvgIpc) is 2.94. The van der Waals surface area contributed by atoms with E-state index in [-0.39, 0.29) is 0 Å². The van der Waals surface area contributed by atoms with Gasteiger partial charge in [0.25, 0.3) is 0 Å². The molecule has 5 aromatic carbocycles. The molecular formula is C34H26N2. The Labute approximate surface area is 212 Å². The van der Waals surface area contributed by atoms with Crippen LogP contribution in [-0.4, -0.2) is 9.97 Å². The number of aromatic nitrogens is 2. The highest BCUT2D eigenvalue weighted by molar-refractivity contribution is 5.97. The Morgan fingerprint density at radius 2 is 1.00 bits per heavy atom. The van der Waals surface area contributed by atoms with Crippen LogP contribution < -0.4 is 0 Å². The maximum atomic E-state index is 4.96. The van der Waals surface area contributed by atoms with Gasteiger partial charge in [0.2, 0.25) is 0 Å². The third-order valence-corrected chi connectivity index (χ3v) is 6.81. The predicted molar refractivity (Wildman–Crippen MR) is 151 cm³/mol. The van der Waals surface area contributed by atoms with Crippen molar-refractivity contribution in [2.45, 2.75) is 13.8 Å². The van der Waals surface area contributed by atoms with E-state index in [9.17, 15) is 0 Å². The van der Waals surface area contributed by atoms with Gasteiger partial charge in [-0.3, -0.25) is 0 Å². The number of rotatable bonds is 4. The van der Waals surface area contributed by atoms with Crippen molar-refractivity contribution >= 4 is 10.8 Å². The molecule has 0 aliphatic carbocycles. The molecule has 0 radical (unpaired) electrons. The molecule has 0 saturated heterocycles. The molecule has 2 heteroatoms. The Morgan fingerprint density at radius 1 is 0.444 bits per heavy atom. The second-order valence-electron chi connectivity index (χ2n) is 9.23. The zero-order valence-corrected chi connectivity index (χ0v) is 20.4. The van der Waals surface area contributed by atoms with Gasteiger partial charge < -0.3 is 0 Å². The van der Waals surface area contributed by atoms with Crippen molar-refractivity contribution in [2.24, 2.45) is 0 Å². The van der Waals surface area contributed by atoms with Crippen molar-refractivity contribution in [1.82, 2.24) is 9.97 Å². The number of hydrogen-bond donors (Lipinski definition) is 0. The molecule has 0 N–H and O–H groups in total. The van der Waals surface area contributed by atoms with Crippen LogP contribution in [0, 0.1) is 13.8 Å². The summed E-state index contributed by atoms with van der Waals surface area (Å²) < 4.78 is 0. The fourth-order valence-corrected chi connectivity index (χ4v) is 4.69. The Kier molecular flexibility index (Phi) is 5.63. The lowest BCUT2D eigenvalue weighted by Gasteiger charge is -2.12. The van der Waals surface area contributed by atoms with E-state index in [1.165, 1.54) is 33.0 Å². The van der Waals surface area contributed by atoms with Crippen molar-refractivity contribution in [1.29, 1.82) is 0 Å². The molecular weight excluding hydrogens is 436 g/mol. The lowest BCUT2D eigenvalue weighted by molar-refractivity contribution is 1.18. The molecule has 0 spiro atoms. The van der Waals surface area contributed by atoms with E-state index in [4.69, 9.17) is 9.97 Å². The largest absolute Gasteiger partial charge is 0.228 e. The van der Waals surface area contributed by atoms with Gasteiger partial charge in [-0.05, 0) is 52.9 Å². The molecule has 0 unspecified atom stereocenters. The van der Waals surface area contributed by atoms with Gasteiger partial charge in [-0.1, -0.05) is 115 Å².